The Balaban J connectivity index is 1.79. The summed E-state index contributed by atoms with van der Waals surface area (Å²) in [6.07, 6.45) is 1.79. The fourth-order valence-corrected chi connectivity index (χ4v) is 1.81. The SMILES string of the molecule is Cc1cc(NCCOc2cccc(N)c2)ncc1Br. The summed E-state index contributed by atoms with van der Waals surface area (Å²) in [6.45, 7) is 3.27. The van der Waals surface area contributed by atoms with Crippen molar-refractivity contribution < 1.29 is 4.74 Å². The number of nitrogen functional groups attached to an aromatic ring is 1. The van der Waals surface area contributed by atoms with Crippen molar-refractivity contribution in [3.8, 4) is 5.75 Å². The normalized spacial score (nSPS) is 10.2. The number of nitrogens with one attached hydrogen (secondary N) is 1. The van der Waals surface area contributed by atoms with Gasteiger partial charge in [0.2, 0.25) is 0 Å². The van der Waals surface area contributed by atoms with E-state index in [0.29, 0.717) is 18.8 Å². The molecule has 0 aliphatic heterocycles. The van der Waals surface area contributed by atoms with Crippen molar-refractivity contribution in [2.24, 2.45) is 0 Å². The van der Waals surface area contributed by atoms with Crippen LogP contribution in [0.4, 0.5) is 11.5 Å². The molecule has 0 unspecified atom stereocenters. The molecule has 1 aromatic carbocycles. The number of rotatable bonds is 5. The lowest BCUT2D eigenvalue weighted by Crippen LogP contribution is -2.12. The van der Waals surface area contributed by atoms with E-state index in [0.717, 1.165) is 21.6 Å². The molecule has 2 rings (SSSR count). The highest BCUT2D eigenvalue weighted by atomic mass is 79.9. The number of nitrogens with zero attached hydrogens (tertiary/aromatic N) is 1. The van der Waals surface area contributed by atoms with Crippen LogP contribution < -0.4 is 15.8 Å². The molecule has 1 heterocycles. The summed E-state index contributed by atoms with van der Waals surface area (Å²) >= 11 is 3.42. The number of halogens is 1. The maximum atomic E-state index is 5.67. The maximum Gasteiger partial charge on any atom is 0.126 e. The van der Waals surface area contributed by atoms with E-state index >= 15 is 0 Å². The molecule has 0 bridgehead atoms. The first-order valence-electron chi connectivity index (χ1n) is 5.99. The Morgan fingerprint density at radius 2 is 2.21 bits per heavy atom. The van der Waals surface area contributed by atoms with Crippen LogP contribution in [0.3, 0.4) is 0 Å². The first-order valence-corrected chi connectivity index (χ1v) is 6.79. The number of hydrogen-bond acceptors (Lipinski definition) is 4. The quantitative estimate of drug-likeness (QED) is 0.655. The van der Waals surface area contributed by atoms with E-state index in [-0.39, 0.29) is 0 Å². The summed E-state index contributed by atoms with van der Waals surface area (Å²) in [6, 6.07) is 9.39. The molecular weight excluding hydrogens is 306 g/mol. The third-order valence-electron chi connectivity index (χ3n) is 2.58. The molecule has 2 aromatic rings. The highest BCUT2D eigenvalue weighted by molar-refractivity contribution is 9.10. The van der Waals surface area contributed by atoms with Crippen LogP contribution in [-0.2, 0) is 0 Å². The summed E-state index contributed by atoms with van der Waals surface area (Å²) in [7, 11) is 0. The number of aromatic nitrogens is 1. The van der Waals surface area contributed by atoms with E-state index in [1.54, 1.807) is 6.20 Å². The van der Waals surface area contributed by atoms with Gasteiger partial charge in [0.15, 0.2) is 0 Å². The first kappa shape index (κ1) is 13.7. The highest BCUT2D eigenvalue weighted by Gasteiger charge is 1.99. The molecule has 0 fully saturated rings. The van der Waals surface area contributed by atoms with Gasteiger partial charge in [-0.3, -0.25) is 0 Å². The van der Waals surface area contributed by atoms with E-state index in [4.69, 9.17) is 10.5 Å². The third-order valence-corrected chi connectivity index (χ3v) is 3.41. The fourth-order valence-electron chi connectivity index (χ4n) is 1.59. The molecule has 100 valence electrons. The lowest BCUT2D eigenvalue weighted by atomic mass is 10.3. The molecule has 0 radical (unpaired) electrons. The van der Waals surface area contributed by atoms with Gasteiger partial charge in [-0.2, -0.15) is 0 Å². The van der Waals surface area contributed by atoms with E-state index in [9.17, 15) is 0 Å². The van der Waals surface area contributed by atoms with Gasteiger partial charge in [0.1, 0.15) is 18.2 Å². The van der Waals surface area contributed by atoms with Crippen molar-refractivity contribution in [3.05, 3.63) is 46.6 Å². The van der Waals surface area contributed by atoms with Crippen molar-refractivity contribution in [1.29, 1.82) is 0 Å². The summed E-state index contributed by atoms with van der Waals surface area (Å²) in [5, 5.41) is 3.21. The topological polar surface area (TPSA) is 60.2 Å². The minimum Gasteiger partial charge on any atom is -0.492 e. The van der Waals surface area contributed by atoms with Crippen LogP contribution in [0.15, 0.2) is 41.0 Å². The lowest BCUT2D eigenvalue weighted by molar-refractivity contribution is 0.333. The molecule has 0 atom stereocenters. The van der Waals surface area contributed by atoms with Crippen molar-refractivity contribution >= 4 is 27.4 Å². The van der Waals surface area contributed by atoms with Crippen LogP contribution in [-0.4, -0.2) is 18.1 Å². The minimum atomic E-state index is 0.556. The Bertz CT molecular complexity index is 560. The fraction of sp³-hybridized carbons (Fsp3) is 0.214. The Hall–Kier alpha value is -1.75. The minimum absolute atomic E-state index is 0.556. The Morgan fingerprint density at radius 1 is 1.37 bits per heavy atom. The zero-order valence-electron chi connectivity index (χ0n) is 10.7. The number of pyridine rings is 1. The summed E-state index contributed by atoms with van der Waals surface area (Å²) < 4.78 is 6.59. The van der Waals surface area contributed by atoms with Gasteiger partial charge >= 0.3 is 0 Å². The van der Waals surface area contributed by atoms with Crippen molar-refractivity contribution in [1.82, 2.24) is 4.98 Å². The van der Waals surface area contributed by atoms with E-state index in [2.05, 4.69) is 26.2 Å². The van der Waals surface area contributed by atoms with Crippen LogP contribution in [0.2, 0.25) is 0 Å². The average Bonchev–Trinajstić information content (AvgIpc) is 2.39. The lowest BCUT2D eigenvalue weighted by Gasteiger charge is -2.09. The van der Waals surface area contributed by atoms with E-state index in [1.165, 1.54) is 0 Å². The second-order valence-corrected chi connectivity index (χ2v) is 5.02. The van der Waals surface area contributed by atoms with Crippen LogP contribution in [0.1, 0.15) is 5.56 Å². The van der Waals surface area contributed by atoms with Crippen molar-refractivity contribution in [2.75, 3.05) is 24.2 Å². The number of ether oxygens (including phenoxy) is 1. The highest BCUT2D eigenvalue weighted by Crippen LogP contribution is 2.17. The summed E-state index contributed by atoms with van der Waals surface area (Å²) in [5.74, 6) is 1.62. The number of benzene rings is 1. The monoisotopic (exact) mass is 321 g/mol. The predicted octanol–water partition coefficient (Wildman–Crippen LogP) is 3.23. The Labute approximate surface area is 121 Å². The number of nitrogens with two attached hydrogens (primary N) is 1. The smallest absolute Gasteiger partial charge is 0.126 e. The number of hydrogen-bond donors (Lipinski definition) is 2. The average molecular weight is 322 g/mol. The molecule has 0 saturated carbocycles. The van der Waals surface area contributed by atoms with E-state index < -0.39 is 0 Å². The molecule has 0 amide bonds. The second-order valence-electron chi connectivity index (χ2n) is 4.17. The molecule has 1 aromatic heterocycles. The van der Waals surface area contributed by atoms with Crippen LogP contribution in [0, 0.1) is 6.92 Å². The van der Waals surface area contributed by atoms with Gasteiger partial charge in [-0.05, 0) is 46.6 Å². The molecule has 0 spiro atoms. The van der Waals surface area contributed by atoms with Gasteiger partial charge in [-0.1, -0.05) is 6.07 Å². The van der Waals surface area contributed by atoms with Crippen LogP contribution in [0.25, 0.3) is 0 Å². The Kier molecular flexibility index (Phi) is 4.63. The van der Waals surface area contributed by atoms with Gasteiger partial charge < -0.3 is 15.8 Å². The van der Waals surface area contributed by atoms with E-state index in [1.807, 2.05) is 37.3 Å². The summed E-state index contributed by atoms with van der Waals surface area (Å²) in [4.78, 5) is 4.26. The molecule has 3 N–H and O–H groups in total. The number of aryl methyl sites for hydroxylation is 1. The zero-order chi connectivity index (χ0) is 13.7. The molecular formula is C14H16BrN3O. The maximum absolute atomic E-state index is 5.67. The molecule has 0 aliphatic carbocycles. The van der Waals surface area contributed by atoms with Gasteiger partial charge in [-0.25, -0.2) is 4.98 Å². The van der Waals surface area contributed by atoms with Crippen molar-refractivity contribution in [3.63, 3.8) is 0 Å². The standard InChI is InChI=1S/C14H16BrN3O/c1-10-7-14(18-9-13(10)15)17-5-6-19-12-4-2-3-11(16)8-12/h2-4,7-9H,5-6,16H2,1H3,(H,17,18). The largest absolute Gasteiger partial charge is 0.492 e. The molecule has 5 heteroatoms. The van der Waals surface area contributed by atoms with Crippen LogP contribution >= 0.6 is 15.9 Å². The van der Waals surface area contributed by atoms with Gasteiger partial charge in [0, 0.05) is 22.4 Å². The van der Waals surface area contributed by atoms with Gasteiger partial charge in [0.05, 0.1) is 6.54 Å². The van der Waals surface area contributed by atoms with Gasteiger partial charge in [0.25, 0.3) is 0 Å². The van der Waals surface area contributed by atoms with Crippen LogP contribution in [0.5, 0.6) is 5.75 Å². The summed E-state index contributed by atoms with van der Waals surface area (Å²) in [5.41, 5.74) is 7.53. The first-order chi connectivity index (χ1) is 9.15. The molecule has 0 saturated heterocycles. The zero-order valence-corrected chi connectivity index (χ0v) is 12.3. The number of anilines is 2. The molecule has 4 nitrogen and oxygen atoms in total. The third kappa shape index (κ3) is 4.13. The molecule has 0 aliphatic rings. The molecule has 19 heavy (non-hydrogen) atoms. The van der Waals surface area contributed by atoms with Gasteiger partial charge in [-0.15, -0.1) is 0 Å². The van der Waals surface area contributed by atoms with Crippen molar-refractivity contribution in [2.45, 2.75) is 6.92 Å². The Morgan fingerprint density at radius 3 is 2.95 bits per heavy atom. The second kappa shape index (κ2) is 6.43. The predicted molar refractivity (Wildman–Crippen MR) is 81.5 cm³/mol.